The second-order valence-electron chi connectivity index (χ2n) is 5.20. The zero-order chi connectivity index (χ0) is 10.8. The lowest BCUT2D eigenvalue weighted by molar-refractivity contribution is -0.130. The number of aliphatic hydroxyl groups is 1. The second kappa shape index (κ2) is 4.30. The Kier molecular flexibility index (Phi) is 3.53. The maximum Gasteiger partial charge on any atom is 0.225 e. The minimum absolute atomic E-state index is 0.0310. The van der Waals surface area contributed by atoms with Crippen LogP contribution >= 0.6 is 0 Å². The molecule has 3 nitrogen and oxygen atoms in total. The molecule has 0 saturated heterocycles. The highest BCUT2D eigenvalue weighted by Crippen LogP contribution is 2.29. The van der Waals surface area contributed by atoms with Gasteiger partial charge in [-0.3, -0.25) is 4.79 Å². The quantitative estimate of drug-likeness (QED) is 0.720. The Morgan fingerprint density at radius 3 is 2.36 bits per heavy atom. The van der Waals surface area contributed by atoms with Crippen molar-refractivity contribution in [2.75, 3.05) is 6.61 Å². The van der Waals surface area contributed by atoms with E-state index in [0.717, 1.165) is 12.8 Å². The second-order valence-corrected chi connectivity index (χ2v) is 5.20. The monoisotopic (exact) mass is 199 g/mol. The van der Waals surface area contributed by atoms with E-state index in [1.165, 1.54) is 6.42 Å². The molecule has 1 amide bonds. The molecule has 0 aromatic heterocycles. The van der Waals surface area contributed by atoms with Gasteiger partial charge in [-0.05, 0) is 18.8 Å². The first-order valence-electron chi connectivity index (χ1n) is 5.37. The lowest BCUT2D eigenvalue weighted by Gasteiger charge is -2.34. The average molecular weight is 199 g/mol. The van der Waals surface area contributed by atoms with Gasteiger partial charge in [0.05, 0.1) is 12.6 Å². The van der Waals surface area contributed by atoms with Crippen molar-refractivity contribution in [3.8, 4) is 0 Å². The predicted octanol–water partition coefficient (Wildman–Crippen LogP) is 1.31. The molecule has 0 spiro atoms. The Morgan fingerprint density at radius 2 is 2.07 bits per heavy atom. The van der Waals surface area contributed by atoms with Crippen LogP contribution in [0.1, 0.15) is 40.0 Å². The Labute approximate surface area is 85.9 Å². The molecule has 14 heavy (non-hydrogen) atoms. The van der Waals surface area contributed by atoms with Crippen LogP contribution in [-0.4, -0.2) is 23.7 Å². The van der Waals surface area contributed by atoms with Gasteiger partial charge in [-0.25, -0.2) is 0 Å². The van der Waals surface area contributed by atoms with E-state index in [0.29, 0.717) is 5.92 Å². The van der Waals surface area contributed by atoms with Gasteiger partial charge < -0.3 is 10.4 Å². The summed E-state index contributed by atoms with van der Waals surface area (Å²) in [6.07, 6.45) is 3.50. The first-order chi connectivity index (χ1) is 6.45. The zero-order valence-electron chi connectivity index (χ0n) is 9.34. The number of hydrogen-bond donors (Lipinski definition) is 2. The van der Waals surface area contributed by atoms with Crippen LogP contribution in [0.25, 0.3) is 0 Å². The van der Waals surface area contributed by atoms with E-state index in [9.17, 15) is 4.79 Å². The Morgan fingerprint density at radius 1 is 1.50 bits per heavy atom. The molecule has 1 saturated carbocycles. The number of amides is 1. The van der Waals surface area contributed by atoms with Crippen molar-refractivity contribution < 1.29 is 9.90 Å². The summed E-state index contributed by atoms with van der Waals surface area (Å²) >= 11 is 0. The Bertz CT molecular complexity index is 204. The molecule has 1 aliphatic carbocycles. The summed E-state index contributed by atoms with van der Waals surface area (Å²) in [6, 6.07) is -0.0320. The first-order valence-corrected chi connectivity index (χ1v) is 5.37. The van der Waals surface area contributed by atoms with Gasteiger partial charge >= 0.3 is 0 Å². The molecule has 0 aromatic rings. The third-order valence-electron chi connectivity index (χ3n) is 2.91. The lowest BCUT2D eigenvalue weighted by atomic mass is 9.79. The molecular weight excluding hydrogens is 178 g/mol. The number of carbonyl (C=O) groups is 1. The molecule has 0 heterocycles. The number of carbonyl (C=O) groups excluding carboxylic acids is 1. The largest absolute Gasteiger partial charge is 0.394 e. The summed E-state index contributed by atoms with van der Waals surface area (Å²) in [5, 5.41) is 12.1. The predicted molar refractivity (Wildman–Crippen MR) is 55.8 cm³/mol. The molecule has 0 bridgehead atoms. The fourth-order valence-corrected chi connectivity index (χ4v) is 1.54. The normalized spacial score (nSPS) is 20.0. The van der Waals surface area contributed by atoms with Gasteiger partial charge in [0.1, 0.15) is 0 Å². The highest BCUT2D eigenvalue weighted by molar-refractivity contribution is 5.81. The topological polar surface area (TPSA) is 49.3 Å². The van der Waals surface area contributed by atoms with Crippen LogP contribution in [0.2, 0.25) is 0 Å². The molecule has 1 rings (SSSR count). The number of rotatable bonds is 3. The van der Waals surface area contributed by atoms with E-state index in [1.807, 2.05) is 20.8 Å². The number of nitrogens with one attached hydrogen (secondary N) is 1. The summed E-state index contributed by atoms with van der Waals surface area (Å²) in [7, 11) is 0. The summed E-state index contributed by atoms with van der Waals surface area (Å²) in [4.78, 5) is 11.7. The molecule has 0 aliphatic heterocycles. The molecule has 1 fully saturated rings. The van der Waals surface area contributed by atoms with E-state index < -0.39 is 0 Å². The van der Waals surface area contributed by atoms with Crippen LogP contribution in [0.5, 0.6) is 0 Å². The van der Waals surface area contributed by atoms with Gasteiger partial charge in [0, 0.05) is 5.41 Å². The van der Waals surface area contributed by atoms with Crippen LogP contribution < -0.4 is 5.32 Å². The lowest BCUT2D eigenvalue weighted by Crippen LogP contribution is -2.48. The maximum atomic E-state index is 11.7. The van der Waals surface area contributed by atoms with Gasteiger partial charge in [-0.2, -0.15) is 0 Å². The summed E-state index contributed by atoms with van der Waals surface area (Å²) in [6.45, 7) is 5.72. The van der Waals surface area contributed by atoms with Crippen molar-refractivity contribution in [1.29, 1.82) is 0 Å². The molecular formula is C11H21NO2. The first kappa shape index (κ1) is 11.5. The fraction of sp³-hybridized carbons (Fsp3) is 0.909. The van der Waals surface area contributed by atoms with E-state index in [2.05, 4.69) is 5.32 Å². The molecule has 3 heteroatoms. The highest BCUT2D eigenvalue weighted by atomic mass is 16.3. The SMILES string of the molecule is CC(C)(C)C(=O)N[C@H](CO)C1CCC1. The third kappa shape index (κ3) is 2.71. The van der Waals surface area contributed by atoms with Crippen LogP contribution in [-0.2, 0) is 4.79 Å². The molecule has 1 atom stereocenters. The van der Waals surface area contributed by atoms with Crippen LogP contribution in [0.15, 0.2) is 0 Å². The molecule has 82 valence electrons. The molecule has 2 N–H and O–H groups in total. The number of aliphatic hydroxyl groups excluding tert-OH is 1. The average Bonchev–Trinajstić information content (AvgIpc) is 1.97. The van der Waals surface area contributed by atoms with Crippen LogP contribution in [0.3, 0.4) is 0 Å². The molecule has 0 unspecified atom stereocenters. The summed E-state index contributed by atoms with van der Waals surface area (Å²) < 4.78 is 0. The molecule has 0 radical (unpaired) electrons. The maximum absolute atomic E-state index is 11.7. The molecule has 0 aromatic carbocycles. The van der Waals surface area contributed by atoms with Gasteiger partial charge in [0.25, 0.3) is 0 Å². The van der Waals surface area contributed by atoms with Crippen molar-refractivity contribution in [3.05, 3.63) is 0 Å². The fourth-order valence-electron chi connectivity index (χ4n) is 1.54. The summed E-state index contributed by atoms with van der Waals surface area (Å²) in [5.74, 6) is 0.523. The van der Waals surface area contributed by atoms with Crippen molar-refractivity contribution in [2.45, 2.75) is 46.1 Å². The highest BCUT2D eigenvalue weighted by Gasteiger charge is 2.30. The Balaban J connectivity index is 2.43. The van der Waals surface area contributed by atoms with Crippen molar-refractivity contribution in [1.82, 2.24) is 5.32 Å². The van der Waals surface area contributed by atoms with E-state index in [1.54, 1.807) is 0 Å². The van der Waals surface area contributed by atoms with E-state index >= 15 is 0 Å². The zero-order valence-corrected chi connectivity index (χ0v) is 9.34. The smallest absolute Gasteiger partial charge is 0.225 e. The minimum atomic E-state index is -0.364. The van der Waals surface area contributed by atoms with Gasteiger partial charge in [0.2, 0.25) is 5.91 Å². The number of hydrogen-bond acceptors (Lipinski definition) is 2. The van der Waals surface area contributed by atoms with Crippen molar-refractivity contribution in [2.24, 2.45) is 11.3 Å². The summed E-state index contributed by atoms with van der Waals surface area (Å²) in [5.41, 5.74) is -0.364. The van der Waals surface area contributed by atoms with Crippen LogP contribution in [0, 0.1) is 11.3 Å². The van der Waals surface area contributed by atoms with Gasteiger partial charge in [0.15, 0.2) is 0 Å². The van der Waals surface area contributed by atoms with E-state index in [-0.39, 0.29) is 24.0 Å². The van der Waals surface area contributed by atoms with Crippen molar-refractivity contribution >= 4 is 5.91 Å². The van der Waals surface area contributed by atoms with E-state index in [4.69, 9.17) is 5.11 Å². The minimum Gasteiger partial charge on any atom is -0.394 e. The van der Waals surface area contributed by atoms with Gasteiger partial charge in [-0.15, -0.1) is 0 Å². The van der Waals surface area contributed by atoms with Gasteiger partial charge in [-0.1, -0.05) is 27.2 Å². The van der Waals surface area contributed by atoms with Crippen LogP contribution in [0.4, 0.5) is 0 Å². The third-order valence-corrected chi connectivity index (χ3v) is 2.91. The van der Waals surface area contributed by atoms with Crippen molar-refractivity contribution in [3.63, 3.8) is 0 Å². The molecule has 1 aliphatic rings. The standard InChI is InChI=1S/C11H21NO2/c1-11(2,3)10(14)12-9(7-13)8-5-4-6-8/h8-9,13H,4-7H2,1-3H3,(H,12,14)/t9-/m1/s1. The Hall–Kier alpha value is -0.570.